The van der Waals surface area contributed by atoms with E-state index < -0.39 is 23.3 Å². The highest BCUT2D eigenvalue weighted by molar-refractivity contribution is 6.30. The Labute approximate surface area is 186 Å². The van der Waals surface area contributed by atoms with Crippen LogP contribution < -0.4 is 19.5 Å². The molecule has 0 saturated heterocycles. The first-order chi connectivity index (χ1) is 15.2. The van der Waals surface area contributed by atoms with Gasteiger partial charge in [0.25, 0.3) is 5.91 Å². The summed E-state index contributed by atoms with van der Waals surface area (Å²) in [6, 6.07) is 8.74. The quantitative estimate of drug-likeness (QED) is 0.551. The van der Waals surface area contributed by atoms with Crippen LogP contribution in [0.3, 0.4) is 0 Å². The van der Waals surface area contributed by atoms with E-state index in [4.69, 9.17) is 25.8 Å². The summed E-state index contributed by atoms with van der Waals surface area (Å²) >= 11 is 5.81. The molecule has 0 atom stereocenters. The van der Waals surface area contributed by atoms with Gasteiger partial charge in [-0.05, 0) is 30.3 Å². The number of aromatic nitrogens is 2. The second kappa shape index (κ2) is 9.39. The molecule has 0 aliphatic heterocycles. The van der Waals surface area contributed by atoms with Gasteiger partial charge in [-0.15, -0.1) is 0 Å². The SMILES string of the molecule is COc1cc(OC)c(OC)cc1CNC(=O)c1cnn(-c2ccc(Cl)cc2)c1C(F)(F)F. The molecule has 0 saturated carbocycles. The van der Waals surface area contributed by atoms with Gasteiger partial charge >= 0.3 is 6.18 Å². The second-order valence-electron chi connectivity index (χ2n) is 6.49. The van der Waals surface area contributed by atoms with Gasteiger partial charge in [-0.25, -0.2) is 4.68 Å². The number of methoxy groups -OCH3 is 3. The highest BCUT2D eigenvalue weighted by atomic mass is 35.5. The van der Waals surface area contributed by atoms with Crippen molar-refractivity contribution in [1.29, 1.82) is 0 Å². The molecule has 0 aliphatic rings. The lowest BCUT2D eigenvalue weighted by atomic mass is 10.1. The van der Waals surface area contributed by atoms with Crippen molar-refractivity contribution in [2.75, 3.05) is 21.3 Å². The van der Waals surface area contributed by atoms with Crippen LogP contribution in [0.2, 0.25) is 5.02 Å². The number of amides is 1. The normalized spacial score (nSPS) is 11.2. The number of rotatable bonds is 7. The van der Waals surface area contributed by atoms with Crippen LogP contribution in [-0.4, -0.2) is 37.0 Å². The molecule has 3 rings (SSSR count). The van der Waals surface area contributed by atoms with Crippen LogP contribution in [0.5, 0.6) is 17.2 Å². The first-order valence-corrected chi connectivity index (χ1v) is 9.55. The Kier molecular flexibility index (Phi) is 6.83. The van der Waals surface area contributed by atoms with Crippen LogP contribution in [-0.2, 0) is 12.7 Å². The van der Waals surface area contributed by atoms with Crippen LogP contribution >= 0.6 is 11.6 Å². The van der Waals surface area contributed by atoms with E-state index in [2.05, 4.69) is 10.4 Å². The molecule has 0 unspecified atom stereocenters. The molecule has 1 heterocycles. The standard InChI is InChI=1S/C21H19ClF3N3O4/c1-30-16-9-18(32-3)17(31-2)8-12(16)10-26-20(29)15-11-27-28(19(15)21(23,24)25)14-6-4-13(22)5-7-14/h4-9,11H,10H2,1-3H3,(H,26,29). The minimum absolute atomic E-state index is 0.113. The molecule has 3 aromatic rings. The minimum atomic E-state index is -4.83. The molecule has 0 fully saturated rings. The summed E-state index contributed by atoms with van der Waals surface area (Å²) < 4.78 is 57.8. The molecule has 0 radical (unpaired) electrons. The van der Waals surface area contributed by atoms with E-state index in [1.54, 1.807) is 12.1 Å². The molecule has 1 aromatic heterocycles. The van der Waals surface area contributed by atoms with Crippen LogP contribution in [0.1, 0.15) is 21.6 Å². The van der Waals surface area contributed by atoms with Gasteiger partial charge in [0.2, 0.25) is 0 Å². The first-order valence-electron chi connectivity index (χ1n) is 9.17. The van der Waals surface area contributed by atoms with Crippen molar-refractivity contribution in [1.82, 2.24) is 15.1 Å². The summed E-state index contributed by atoms with van der Waals surface area (Å²) in [7, 11) is 4.31. The lowest BCUT2D eigenvalue weighted by Crippen LogP contribution is -2.26. The van der Waals surface area contributed by atoms with Crippen LogP contribution in [0.4, 0.5) is 13.2 Å². The number of benzene rings is 2. The largest absolute Gasteiger partial charge is 0.496 e. The van der Waals surface area contributed by atoms with Crippen molar-refractivity contribution in [2.24, 2.45) is 0 Å². The van der Waals surface area contributed by atoms with Gasteiger partial charge in [0.1, 0.15) is 5.75 Å². The van der Waals surface area contributed by atoms with Crippen LogP contribution in [0.25, 0.3) is 5.69 Å². The average Bonchev–Trinajstić information content (AvgIpc) is 3.23. The van der Waals surface area contributed by atoms with Crippen LogP contribution in [0.15, 0.2) is 42.6 Å². The van der Waals surface area contributed by atoms with E-state index >= 15 is 0 Å². The van der Waals surface area contributed by atoms with E-state index in [9.17, 15) is 18.0 Å². The smallest absolute Gasteiger partial charge is 0.434 e. The van der Waals surface area contributed by atoms with Gasteiger partial charge in [0.15, 0.2) is 17.2 Å². The third kappa shape index (κ3) is 4.75. The van der Waals surface area contributed by atoms with E-state index in [1.165, 1.54) is 45.6 Å². The maximum atomic E-state index is 13.8. The van der Waals surface area contributed by atoms with Crippen molar-refractivity contribution >= 4 is 17.5 Å². The summed E-state index contributed by atoms with van der Waals surface area (Å²) in [4.78, 5) is 12.7. The molecule has 1 N–H and O–H groups in total. The fraction of sp³-hybridized carbons (Fsp3) is 0.238. The van der Waals surface area contributed by atoms with Crippen molar-refractivity contribution < 1.29 is 32.2 Å². The number of hydrogen-bond acceptors (Lipinski definition) is 5. The maximum Gasteiger partial charge on any atom is 0.434 e. The lowest BCUT2D eigenvalue weighted by molar-refractivity contribution is -0.143. The summed E-state index contributed by atoms with van der Waals surface area (Å²) in [5.74, 6) is 0.206. The van der Waals surface area contributed by atoms with Crippen molar-refractivity contribution in [3.8, 4) is 22.9 Å². The fourth-order valence-electron chi connectivity index (χ4n) is 3.07. The highest BCUT2D eigenvalue weighted by Gasteiger charge is 2.40. The Morgan fingerprint density at radius 2 is 1.62 bits per heavy atom. The van der Waals surface area contributed by atoms with E-state index in [0.717, 1.165) is 6.20 Å². The number of ether oxygens (including phenoxy) is 3. The van der Waals surface area contributed by atoms with Crippen molar-refractivity contribution in [2.45, 2.75) is 12.7 Å². The van der Waals surface area contributed by atoms with Crippen molar-refractivity contribution in [3.63, 3.8) is 0 Å². The van der Waals surface area contributed by atoms with Gasteiger partial charge in [-0.3, -0.25) is 4.79 Å². The molecule has 7 nitrogen and oxygen atoms in total. The maximum absolute atomic E-state index is 13.8. The molecule has 2 aromatic carbocycles. The summed E-state index contributed by atoms with van der Waals surface area (Å²) in [5.41, 5.74) is -1.22. The molecule has 1 amide bonds. The first kappa shape index (κ1) is 23.3. The second-order valence-corrected chi connectivity index (χ2v) is 6.93. The zero-order valence-corrected chi connectivity index (χ0v) is 18.0. The Bertz CT molecular complexity index is 1110. The monoisotopic (exact) mass is 469 g/mol. The van der Waals surface area contributed by atoms with Gasteiger partial charge in [-0.2, -0.15) is 18.3 Å². The molecular weight excluding hydrogens is 451 g/mol. The number of carbonyl (C=O) groups excluding carboxylic acids is 1. The van der Waals surface area contributed by atoms with E-state index in [1.807, 2.05) is 0 Å². The summed E-state index contributed by atoms with van der Waals surface area (Å²) in [6.45, 7) is -0.119. The summed E-state index contributed by atoms with van der Waals surface area (Å²) in [6.07, 6.45) is -3.96. The molecule has 32 heavy (non-hydrogen) atoms. The fourth-order valence-corrected chi connectivity index (χ4v) is 3.19. The zero-order chi connectivity index (χ0) is 23.5. The average molecular weight is 470 g/mol. The number of hydrogen-bond donors (Lipinski definition) is 1. The number of alkyl halides is 3. The molecule has 11 heteroatoms. The van der Waals surface area contributed by atoms with Gasteiger partial charge in [-0.1, -0.05) is 11.6 Å². The molecule has 0 bridgehead atoms. The summed E-state index contributed by atoms with van der Waals surface area (Å²) in [5, 5.41) is 6.61. The Morgan fingerprint density at radius 1 is 1.03 bits per heavy atom. The Morgan fingerprint density at radius 3 is 2.19 bits per heavy atom. The number of nitrogens with one attached hydrogen (secondary N) is 1. The highest BCUT2D eigenvalue weighted by Crippen LogP contribution is 2.36. The Hall–Kier alpha value is -3.40. The number of halogens is 4. The third-order valence-electron chi connectivity index (χ3n) is 4.58. The van der Waals surface area contributed by atoms with Gasteiger partial charge in [0.05, 0.1) is 38.8 Å². The molecular formula is C21H19ClF3N3O4. The van der Waals surface area contributed by atoms with Crippen molar-refractivity contribution in [3.05, 3.63) is 64.4 Å². The molecule has 0 aliphatic carbocycles. The molecule has 170 valence electrons. The number of carbonyl (C=O) groups is 1. The topological polar surface area (TPSA) is 74.6 Å². The lowest BCUT2D eigenvalue weighted by Gasteiger charge is -2.15. The third-order valence-corrected chi connectivity index (χ3v) is 4.83. The van der Waals surface area contributed by atoms with Crippen LogP contribution in [0, 0.1) is 0 Å². The Balaban J connectivity index is 1.91. The number of nitrogens with zero attached hydrogens (tertiary/aromatic N) is 2. The zero-order valence-electron chi connectivity index (χ0n) is 17.3. The van der Waals surface area contributed by atoms with E-state index in [0.29, 0.717) is 32.5 Å². The molecule has 0 spiro atoms. The minimum Gasteiger partial charge on any atom is -0.496 e. The van der Waals surface area contributed by atoms with Gasteiger partial charge in [0, 0.05) is 23.2 Å². The van der Waals surface area contributed by atoms with Gasteiger partial charge < -0.3 is 19.5 Å². The van der Waals surface area contributed by atoms with E-state index in [-0.39, 0.29) is 12.2 Å². The predicted molar refractivity (Wildman–Crippen MR) is 111 cm³/mol. The predicted octanol–water partition coefficient (Wildman–Crippen LogP) is 4.50.